The molecular formula is C29H36NO3P. The van der Waals surface area contributed by atoms with Crippen molar-refractivity contribution in [3.05, 3.63) is 91.0 Å². The molecule has 0 aromatic heterocycles. The van der Waals surface area contributed by atoms with Crippen LogP contribution in [0.3, 0.4) is 0 Å². The predicted octanol–water partition coefficient (Wildman–Crippen LogP) is 4.20. The first-order valence-corrected chi connectivity index (χ1v) is 14.3. The van der Waals surface area contributed by atoms with Gasteiger partial charge in [-0.1, -0.05) is 0 Å². The fourth-order valence-corrected chi connectivity index (χ4v) is 9.48. The standard InChI is InChI=1S/C29H36NO3P/c1-24(29(32)30-2)23-33-28(31)21-13-6-14-22-34(25-15-7-3-8-16-25,26-17-9-4-10-18-26)27-19-11-5-12-20-27/h3-5,7-12,15-20,24,34H,6,13-14,21-23H2,1-2H3,(H,30,32). The first-order valence-electron chi connectivity index (χ1n) is 12.1. The molecular weight excluding hydrogens is 441 g/mol. The van der Waals surface area contributed by atoms with E-state index in [0.717, 1.165) is 25.4 Å². The van der Waals surface area contributed by atoms with Gasteiger partial charge in [0.15, 0.2) is 0 Å². The maximum atomic E-state index is 12.1. The van der Waals surface area contributed by atoms with Gasteiger partial charge in [-0.2, -0.15) is 0 Å². The summed E-state index contributed by atoms with van der Waals surface area (Å²) in [6, 6.07) is 32.7. The molecule has 3 rings (SSSR count). The van der Waals surface area contributed by atoms with E-state index in [9.17, 15) is 9.59 Å². The zero-order valence-corrected chi connectivity index (χ0v) is 21.2. The quantitative estimate of drug-likeness (QED) is 0.242. The number of carbonyl (C=O) groups is 2. The van der Waals surface area contributed by atoms with Gasteiger partial charge < -0.3 is 0 Å². The molecule has 4 nitrogen and oxygen atoms in total. The second-order valence-corrected chi connectivity index (χ2v) is 12.8. The Morgan fingerprint density at radius 2 is 1.24 bits per heavy atom. The Balaban J connectivity index is 1.69. The van der Waals surface area contributed by atoms with Crippen LogP contribution in [0.2, 0.25) is 0 Å². The van der Waals surface area contributed by atoms with Crippen molar-refractivity contribution in [2.45, 2.75) is 32.6 Å². The van der Waals surface area contributed by atoms with Crippen LogP contribution < -0.4 is 21.2 Å². The third-order valence-corrected chi connectivity index (χ3v) is 11.5. The van der Waals surface area contributed by atoms with Gasteiger partial charge in [-0.3, -0.25) is 0 Å². The van der Waals surface area contributed by atoms with E-state index in [1.54, 1.807) is 14.0 Å². The monoisotopic (exact) mass is 477 g/mol. The van der Waals surface area contributed by atoms with Gasteiger partial charge in [-0.05, 0) is 0 Å². The number of nitrogens with one attached hydrogen (secondary N) is 1. The Labute approximate surface area is 204 Å². The van der Waals surface area contributed by atoms with Crippen LogP contribution >= 0.6 is 7.26 Å². The summed E-state index contributed by atoms with van der Waals surface area (Å²) in [6.45, 7) is 1.89. The molecule has 3 aromatic carbocycles. The molecule has 5 heteroatoms. The number of benzene rings is 3. The molecule has 1 N–H and O–H groups in total. The van der Waals surface area contributed by atoms with Crippen molar-refractivity contribution in [1.29, 1.82) is 0 Å². The van der Waals surface area contributed by atoms with Crippen molar-refractivity contribution in [2.75, 3.05) is 19.8 Å². The van der Waals surface area contributed by atoms with Gasteiger partial charge in [0.1, 0.15) is 0 Å². The van der Waals surface area contributed by atoms with Crippen LogP contribution in [0, 0.1) is 5.92 Å². The van der Waals surface area contributed by atoms with Crippen LogP contribution in [0.4, 0.5) is 0 Å². The molecule has 1 unspecified atom stereocenters. The van der Waals surface area contributed by atoms with Gasteiger partial charge in [0.05, 0.1) is 0 Å². The molecule has 0 saturated carbocycles. The normalized spacial score (nSPS) is 12.5. The van der Waals surface area contributed by atoms with Gasteiger partial charge in [-0.15, -0.1) is 0 Å². The van der Waals surface area contributed by atoms with Crippen LogP contribution in [-0.2, 0) is 14.3 Å². The fraction of sp³-hybridized carbons (Fsp3) is 0.310. The summed E-state index contributed by atoms with van der Waals surface area (Å²) >= 11 is 0. The average Bonchev–Trinajstić information content (AvgIpc) is 2.90. The number of carbonyl (C=O) groups excluding carboxylic acids is 2. The van der Waals surface area contributed by atoms with Crippen LogP contribution in [0.25, 0.3) is 0 Å². The van der Waals surface area contributed by atoms with Crippen LogP contribution in [-0.4, -0.2) is 31.7 Å². The molecule has 0 saturated heterocycles. The zero-order chi connectivity index (χ0) is 24.2. The summed E-state index contributed by atoms with van der Waals surface area (Å²) in [5, 5.41) is 6.81. The number of amides is 1. The predicted molar refractivity (Wildman–Crippen MR) is 144 cm³/mol. The molecule has 180 valence electrons. The summed E-state index contributed by atoms with van der Waals surface area (Å²) < 4.78 is 5.29. The molecule has 1 atom stereocenters. The van der Waals surface area contributed by atoms with Crippen LogP contribution in [0.15, 0.2) is 91.0 Å². The maximum absolute atomic E-state index is 12.1. The Morgan fingerprint density at radius 1 is 0.765 bits per heavy atom. The first-order chi connectivity index (χ1) is 16.6. The molecule has 3 aromatic rings. The number of rotatable bonds is 12. The number of hydrogen-bond acceptors (Lipinski definition) is 3. The van der Waals surface area contributed by atoms with E-state index in [1.807, 2.05) is 0 Å². The molecule has 0 aliphatic carbocycles. The molecule has 0 radical (unpaired) electrons. The molecule has 1 amide bonds. The van der Waals surface area contributed by atoms with E-state index in [2.05, 4.69) is 96.3 Å². The third kappa shape index (κ3) is 6.55. The van der Waals surface area contributed by atoms with Crippen molar-refractivity contribution < 1.29 is 14.3 Å². The van der Waals surface area contributed by atoms with Crippen molar-refractivity contribution >= 4 is 35.1 Å². The first kappa shape index (κ1) is 25.6. The molecule has 0 aliphatic rings. The molecule has 0 spiro atoms. The van der Waals surface area contributed by atoms with E-state index in [-0.39, 0.29) is 24.4 Å². The van der Waals surface area contributed by atoms with Crippen molar-refractivity contribution in [3.63, 3.8) is 0 Å². The van der Waals surface area contributed by atoms with E-state index in [1.165, 1.54) is 15.9 Å². The molecule has 0 aliphatic heterocycles. The molecule has 34 heavy (non-hydrogen) atoms. The SMILES string of the molecule is CNC(=O)C(C)COC(=O)CCCCC[PH](c1ccccc1)(c1ccccc1)c1ccccc1. The number of unbranched alkanes of at least 4 members (excludes halogenated alkanes) is 2. The number of esters is 1. The van der Waals surface area contributed by atoms with Gasteiger partial charge in [0.2, 0.25) is 0 Å². The number of ether oxygens (including phenoxy) is 1. The Kier molecular flexibility index (Phi) is 9.85. The minimum absolute atomic E-state index is 0.114. The topological polar surface area (TPSA) is 55.4 Å². The second-order valence-electron chi connectivity index (χ2n) is 8.76. The minimum atomic E-state index is -2.21. The summed E-state index contributed by atoms with van der Waals surface area (Å²) in [7, 11) is -0.621. The fourth-order valence-electron chi connectivity index (χ4n) is 4.55. The van der Waals surface area contributed by atoms with E-state index in [4.69, 9.17) is 4.74 Å². The van der Waals surface area contributed by atoms with Gasteiger partial charge >= 0.3 is 204 Å². The summed E-state index contributed by atoms with van der Waals surface area (Å²) in [5.41, 5.74) is 0. The zero-order valence-electron chi connectivity index (χ0n) is 20.2. The van der Waals surface area contributed by atoms with E-state index in [0.29, 0.717) is 6.42 Å². The van der Waals surface area contributed by atoms with Gasteiger partial charge in [0.25, 0.3) is 0 Å². The van der Waals surface area contributed by atoms with Crippen molar-refractivity contribution in [1.82, 2.24) is 5.32 Å². The van der Waals surface area contributed by atoms with Crippen molar-refractivity contribution in [2.24, 2.45) is 5.92 Å². The van der Waals surface area contributed by atoms with E-state index < -0.39 is 7.26 Å². The van der Waals surface area contributed by atoms with Gasteiger partial charge in [-0.25, -0.2) is 0 Å². The average molecular weight is 478 g/mol. The Bertz CT molecular complexity index is 928. The Hall–Kier alpha value is -2.97. The van der Waals surface area contributed by atoms with E-state index >= 15 is 0 Å². The summed E-state index contributed by atoms with van der Waals surface area (Å²) in [4.78, 5) is 23.7. The van der Waals surface area contributed by atoms with Crippen molar-refractivity contribution in [3.8, 4) is 0 Å². The Morgan fingerprint density at radius 3 is 1.68 bits per heavy atom. The van der Waals surface area contributed by atoms with Crippen LogP contribution in [0.1, 0.15) is 32.6 Å². The van der Waals surface area contributed by atoms with Crippen LogP contribution in [0.5, 0.6) is 0 Å². The second kappa shape index (κ2) is 13.1. The summed E-state index contributed by atoms with van der Waals surface area (Å²) in [5.74, 6) is -0.673. The third-order valence-electron chi connectivity index (χ3n) is 6.42. The molecule has 0 heterocycles. The molecule has 0 bridgehead atoms. The number of hydrogen-bond donors (Lipinski definition) is 1. The molecule has 0 fully saturated rings. The van der Waals surface area contributed by atoms with Gasteiger partial charge in [0, 0.05) is 0 Å². The summed E-state index contributed by atoms with van der Waals surface area (Å²) in [6.07, 6.45) is 4.25.